The number of ether oxygens (including phenoxy) is 2. The first-order valence-corrected chi connectivity index (χ1v) is 5.66. The van der Waals surface area contributed by atoms with Crippen molar-refractivity contribution in [3.05, 3.63) is 23.8 Å². The van der Waals surface area contributed by atoms with Crippen molar-refractivity contribution >= 4 is 5.97 Å². The van der Waals surface area contributed by atoms with E-state index in [0.29, 0.717) is 11.5 Å². The highest BCUT2D eigenvalue weighted by molar-refractivity contribution is 5.91. The average Bonchev–Trinajstić information content (AvgIpc) is 2.28. The fourth-order valence-electron chi connectivity index (χ4n) is 1.59. The van der Waals surface area contributed by atoms with E-state index >= 15 is 0 Å². The summed E-state index contributed by atoms with van der Waals surface area (Å²) in [5.74, 6) is -0.0437. The predicted molar refractivity (Wildman–Crippen MR) is 65.0 cm³/mol. The van der Waals surface area contributed by atoms with Gasteiger partial charge in [0.25, 0.3) is 0 Å². The molecule has 0 saturated heterocycles. The molecular weight excluding hydrogens is 220 g/mol. The van der Waals surface area contributed by atoms with Crippen LogP contribution in [-0.4, -0.2) is 24.3 Å². The highest BCUT2D eigenvalue weighted by Crippen LogP contribution is 2.26. The molecular formula is C13H18O4. The van der Waals surface area contributed by atoms with Crippen molar-refractivity contribution in [1.82, 2.24) is 0 Å². The number of carboxylic acids is 1. The fourth-order valence-corrected chi connectivity index (χ4v) is 1.59. The van der Waals surface area contributed by atoms with Crippen molar-refractivity contribution in [3.63, 3.8) is 0 Å². The van der Waals surface area contributed by atoms with E-state index in [-0.39, 0.29) is 11.7 Å². The lowest BCUT2D eigenvalue weighted by Gasteiger charge is -2.16. The number of hydrogen-bond acceptors (Lipinski definition) is 3. The van der Waals surface area contributed by atoms with Crippen molar-refractivity contribution in [2.75, 3.05) is 7.11 Å². The summed E-state index contributed by atoms with van der Waals surface area (Å²) in [6.45, 7) is 3.98. The van der Waals surface area contributed by atoms with Crippen LogP contribution in [0.5, 0.6) is 11.5 Å². The first-order chi connectivity index (χ1) is 8.08. The average molecular weight is 238 g/mol. The predicted octanol–water partition coefficient (Wildman–Crippen LogP) is 2.96. The maximum Gasteiger partial charge on any atom is 0.339 e. The third-order valence-corrected chi connectivity index (χ3v) is 2.44. The normalized spacial score (nSPS) is 11.9. The number of benzene rings is 1. The SMILES string of the molecule is CCCC(C)Oc1cc(OC)ccc1C(=O)O. The molecule has 0 radical (unpaired) electrons. The second kappa shape index (κ2) is 6.13. The van der Waals surface area contributed by atoms with Crippen molar-refractivity contribution in [2.24, 2.45) is 0 Å². The van der Waals surface area contributed by atoms with E-state index in [0.717, 1.165) is 12.8 Å². The van der Waals surface area contributed by atoms with Gasteiger partial charge in [0.2, 0.25) is 0 Å². The molecule has 94 valence electrons. The molecule has 0 aliphatic rings. The topological polar surface area (TPSA) is 55.8 Å². The zero-order valence-electron chi connectivity index (χ0n) is 10.4. The Kier molecular flexibility index (Phi) is 4.82. The maximum absolute atomic E-state index is 11.0. The number of carboxylic acid groups (broad SMARTS) is 1. The van der Waals surface area contributed by atoms with Gasteiger partial charge >= 0.3 is 5.97 Å². The van der Waals surface area contributed by atoms with Gasteiger partial charge in [-0.1, -0.05) is 13.3 Å². The van der Waals surface area contributed by atoms with Gasteiger partial charge in [0, 0.05) is 6.07 Å². The molecule has 0 aromatic heterocycles. The molecule has 0 heterocycles. The molecule has 1 aromatic rings. The number of carbonyl (C=O) groups is 1. The molecule has 1 N–H and O–H groups in total. The Labute approximate surface area is 101 Å². The minimum atomic E-state index is -0.994. The van der Waals surface area contributed by atoms with Gasteiger partial charge in [-0.15, -0.1) is 0 Å². The van der Waals surface area contributed by atoms with Crippen LogP contribution in [0.15, 0.2) is 18.2 Å². The van der Waals surface area contributed by atoms with E-state index in [9.17, 15) is 4.79 Å². The van der Waals surface area contributed by atoms with Gasteiger partial charge in [-0.05, 0) is 25.5 Å². The Morgan fingerprint density at radius 3 is 2.71 bits per heavy atom. The van der Waals surface area contributed by atoms with Crippen LogP contribution in [0.25, 0.3) is 0 Å². The molecule has 1 atom stereocenters. The zero-order valence-corrected chi connectivity index (χ0v) is 10.4. The van der Waals surface area contributed by atoms with Gasteiger partial charge in [-0.25, -0.2) is 4.79 Å². The number of rotatable bonds is 6. The quantitative estimate of drug-likeness (QED) is 0.827. The number of aromatic carboxylic acids is 1. The third-order valence-electron chi connectivity index (χ3n) is 2.44. The second-order valence-corrected chi connectivity index (χ2v) is 3.88. The number of hydrogen-bond donors (Lipinski definition) is 1. The van der Waals surface area contributed by atoms with E-state index in [4.69, 9.17) is 14.6 Å². The van der Waals surface area contributed by atoms with Crippen molar-refractivity contribution in [2.45, 2.75) is 32.8 Å². The molecule has 1 aromatic carbocycles. The largest absolute Gasteiger partial charge is 0.497 e. The van der Waals surface area contributed by atoms with Gasteiger partial charge in [-0.3, -0.25) is 0 Å². The third kappa shape index (κ3) is 3.66. The van der Waals surface area contributed by atoms with Crippen LogP contribution in [0.2, 0.25) is 0 Å². The molecule has 4 nitrogen and oxygen atoms in total. The van der Waals surface area contributed by atoms with Crippen molar-refractivity contribution in [3.8, 4) is 11.5 Å². The highest BCUT2D eigenvalue weighted by atomic mass is 16.5. The standard InChI is InChI=1S/C13H18O4/c1-4-5-9(2)17-12-8-10(16-3)6-7-11(12)13(14)15/h6-9H,4-5H2,1-3H3,(H,14,15). The summed E-state index contributed by atoms with van der Waals surface area (Å²) in [5.41, 5.74) is 0.161. The van der Waals surface area contributed by atoms with Gasteiger partial charge in [0.15, 0.2) is 0 Å². The molecule has 0 spiro atoms. The summed E-state index contributed by atoms with van der Waals surface area (Å²) < 4.78 is 10.7. The Balaban J connectivity index is 2.96. The Morgan fingerprint density at radius 1 is 1.47 bits per heavy atom. The summed E-state index contributed by atoms with van der Waals surface area (Å²) in [6, 6.07) is 4.71. The van der Waals surface area contributed by atoms with Crippen molar-refractivity contribution < 1.29 is 19.4 Å². The first kappa shape index (κ1) is 13.4. The van der Waals surface area contributed by atoms with Crippen LogP contribution in [0.1, 0.15) is 37.0 Å². The first-order valence-electron chi connectivity index (χ1n) is 5.66. The van der Waals surface area contributed by atoms with E-state index < -0.39 is 5.97 Å². The van der Waals surface area contributed by atoms with Crippen LogP contribution in [0.3, 0.4) is 0 Å². The minimum absolute atomic E-state index is 0.00907. The molecule has 0 saturated carbocycles. The van der Waals surface area contributed by atoms with Crippen LogP contribution in [0.4, 0.5) is 0 Å². The van der Waals surface area contributed by atoms with E-state index in [1.165, 1.54) is 13.2 Å². The Hall–Kier alpha value is -1.71. The monoisotopic (exact) mass is 238 g/mol. The molecule has 1 rings (SSSR count). The molecule has 0 amide bonds. The van der Waals surface area contributed by atoms with Crippen molar-refractivity contribution in [1.29, 1.82) is 0 Å². The summed E-state index contributed by atoms with van der Waals surface area (Å²) in [5, 5.41) is 9.05. The van der Waals surface area contributed by atoms with Crippen LogP contribution in [0, 0.1) is 0 Å². The lowest BCUT2D eigenvalue weighted by atomic mass is 10.2. The molecule has 0 aliphatic carbocycles. The summed E-state index contributed by atoms with van der Waals surface area (Å²) in [4.78, 5) is 11.0. The van der Waals surface area contributed by atoms with Gasteiger partial charge < -0.3 is 14.6 Å². The molecule has 1 unspecified atom stereocenters. The molecule has 0 fully saturated rings. The van der Waals surface area contributed by atoms with Crippen LogP contribution in [-0.2, 0) is 0 Å². The van der Waals surface area contributed by atoms with Crippen LogP contribution < -0.4 is 9.47 Å². The van der Waals surface area contributed by atoms with E-state index in [2.05, 4.69) is 6.92 Å². The molecule has 17 heavy (non-hydrogen) atoms. The molecule has 0 aliphatic heterocycles. The fraction of sp³-hybridized carbons (Fsp3) is 0.462. The highest BCUT2D eigenvalue weighted by Gasteiger charge is 2.14. The van der Waals surface area contributed by atoms with Gasteiger partial charge in [0.1, 0.15) is 17.1 Å². The minimum Gasteiger partial charge on any atom is -0.497 e. The van der Waals surface area contributed by atoms with Gasteiger partial charge in [-0.2, -0.15) is 0 Å². The summed E-state index contributed by atoms with van der Waals surface area (Å²) in [7, 11) is 1.54. The maximum atomic E-state index is 11.0. The van der Waals surface area contributed by atoms with Gasteiger partial charge in [0.05, 0.1) is 13.2 Å². The Morgan fingerprint density at radius 2 is 2.18 bits per heavy atom. The Bertz CT molecular complexity index is 387. The summed E-state index contributed by atoms with van der Waals surface area (Å²) in [6.07, 6.45) is 1.87. The molecule has 4 heteroatoms. The van der Waals surface area contributed by atoms with E-state index in [1.54, 1.807) is 12.1 Å². The smallest absolute Gasteiger partial charge is 0.339 e. The number of methoxy groups -OCH3 is 1. The molecule has 0 bridgehead atoms. The lowest BCUT2D eigenvalue weighted by molar-refractivity contribution is 0.0689. The second-order valence-electron chi connectivity index (χ2n) is 3.88. The van der Waals surface area contributed by atoms with Crippen LogP contribution >= 0.6 is 0 Å². The lowest BCUT2D eigenvalue weighted by Crippen LogP contribution is -2.13. The summed E-state index contributed by atoms with van der Waals surface area (Å²) >= 11 is 0. The zero-order chi connectivity index (χ0) is 12.8. The van der Waals surface area contributed by atoms with E-state index in [1.807, 2.05) is 6.92 Å².